The lowest BCUT2D eigenvalue weighted by molar-refractivity contribution is 1.19. The number of rotatable bonds is 3. The predicted molar refractivity (Wildman–Crippen MR) is 179 cm³/mol. The minimum absolute atomic E-state index is 1.16. The summed E-state index contributed by atoms with van der Waals surface area (Å²) in [6.45, 7) is 0. The van der Waals surface area contributed by atoms with Gasteiger partial charge in [-0.3, -0.25) is 0 Å². The van der Waals surface area contributed by atoms with Crippen molar-refractivity contribution in [3.8, 4) is 27.9 Å². The molecule has 7 aromatic carbocycles. The van der Waals surface area contributed by atoms with Gasteiger partial charge in [0.15, 0.2) is 0 Å². The van der Waals surface area contributed by atoms with Crippen LogP contribution in [0.5, 0.6) is 0 Å². The summed E-state index contributed by atoms with van der Waals surface area (Å²) in [7, 11) is 0. The molecular weight excluding hydrogens is 508 g/mol. The van der Waals surface area contributed by atoms with Gasteiger partial charge < -0.3 is 9.55 Å². The van der Waals surface area contributed by atoms with Crippen molar-refractivity contribution in [2.24, 2.45) is 0 Å². The first-order chi connectivity index (χ1) is 20.8. The Hall–Kier alpha value is -5.60. The van der Waals surface area contributed by atoms with Gasteiger partial charge >= 0.3 is 0 Å². The van der Waals surface area contributed by atoms with Gasteiger partial charge in [-0.15, -0.1) is 0 Å². The van der Waals surface area contributed by atoms with E-state index in [1.54, 1.807) is 0 Å². The number of para-hydroxylation sites is 1. The van der Waals surface area contributed by atoms with E-state index >= 15 is 0 Å². The number of nitrogens with zero attached hydrogens (tertiary/aromatic N) is 1. The van der Waals surface area contributed by atoms with Gasteiger partial charge in [0.1, 0.15) is 0 Å². The molecule has 2 nitrogen and oxygen atoms in total. The molecule has 2 heterocycles. The number of fused-ring (bicyclic) bond motifs is 8. The molecule has 1 N–H and O–H groups in total. The molecule has 0 aliphatic rings. The molecule has 0 bridgehead atoms. The molecule has 0 atom stereocenters. The molecule has 0 saturated heterocycles. The Morgan fingerprint density at radius 2 is 1.17 bits per heavy atom. The van der Waals surface area contributed by atoms with Crippen LogP contribution in [0.4, 0.5) is 0 Å². The van der Waals surface area contributed by atoms with Gasteiger partial charge in [-0.2, -0.15) is 0 Å². The monoisotopic (exact) mass is 534 g/mol. The van der Waals surface area contributed by atoms with E-state index in [4.69, 9.17) is 0 Å². The number of H-pyrrole nitrogens is 1. The summed E-state index contributed by atoms with van der Waals surface area (Å²) >= 11 is 0. The highest BCUT2D eigenvalue weighted by Crippen LogP contribution is 2.40. The van der Waals surface area contributed by atoms with Crippen molar-refractivity contribution in [1.82, 2.24) is 9.55 Å². The molecule has 0 radical (unpaired) electrons. The molecule has 0 aliphatic heterocycles. The van der Waals surface area contributed by atoms with E-state index < -0.39 is 0 Å². The van der Waals surface area contributed by atoms with Crippen molar-refractivity contribution in [2.75, 3.05) is 0 Å². The molecule has 0 spiro atoms. The van der Waals surface area contributed by atoms with E-state index in [1.807, 2.05) is 0 Å². The second-order valence-electron chi connectivity index (χ2n) is 11.1. The molecule has 0 saturated carbocycles. The average Bonchev–Trinajstić information content (AvgIpc) is 3.61. The van der Waals surface area contributed by atoms with Gasteiger partial charge in [0.2, 0.25) is 0 Å². The Labute approximate surface area is 243 Å². The van der Waals surface area contributed by atoms with E-state index in [-0.39, 0.29) is 0 Å². The zero-order chi connectivity index (χ0) is 27.6. The van der Waals surface area contributed by atoms with Crippen LogP contribution in [0.2, 0.25) is 0 Å². The minimum Gasteiger partial charge on any atom is -0.354 e. The van der Waals surface area contributed by atoms with Crippen LogP contribution in [0.1, 0.15) is 0 Å². The van der Waals surface area contributed by atoms with Crippen LogP contribution in [0, 0.1) is 0 Å². The van der Waals surface area contributed by atoms with Crippen molar-refractivity contribution in [1.29, 1.82) is 0 Å². The van der Waals surface area contributed by atoms with Crippen molar-refractivity contribution in [2.45, 2.75) is 0 Å². The second-order valence-corrected chi connectivity index (χ2v) is 11.1. The van der Waals surface area contributed by atoms with E-state index in [9.17, 15) is 0 Å². The molecule has 9 rings (SSSR count). The fourth-order valence-electron chi connectivity index (χ4n) is 6.80. The first-order valence-electron chi connectivity index (χ1n) is 14.5. The highest BCUT2D eigenvalue weighted by atomic mass is 15.0. The average molecular weight is 535 g/mol. The highest BCUT2D eigenvalue weighted by molar-refractivity contribution is 6.19. The van der Waals surface area contributed by atoms with Crippen molar-refractivity contribution in [3.05, 3.63) is 152 Å². The third-order valence-electron chi connectivity index (χ3n) is 8.71. The van der Waals surface area contributed by atoms with Crippen LogP contribution >= 0.6 is 0 Å². The van der Waals surface area contributed by atoms with Gasteiger partial charge in [0.05, 0.1) is 11.0 Å². The van der Waals surface area contributed by atoms with Crippen LogP contribution < -0.4 is 0 Å². The number of aromatic amines is 1. The molecule has 2 aromatic heterocycles. The minimum atomic E-state index is 1.16. The Morgan fingerprint density at radius 3 is 2.02 bits per heavy atom. The van der Waals surface area contributed by atoms with Crippen LogP contribution in [-0.4, -0.2) is 9.55 Å². The molecule has 0 amide bonds. The van der Waals surface area contributed by atoms with Gasteiger partial charge in [0, 0.05) is 43.7 Å². The topological polar surface area (TPSA) is 20.7 Å². The Morgan fingerprint density at radius 1 is 0.429 bits per heavy atom. The second kappa shape index (κ2) is 8.95. The maximum Gasteiger partial charge on any atom is 0.0619 e. The Bertz CT molecular complexity index is 2440. The molecule has 196 valence electrons. The first-order valence-corrected chi connectivity index (χ1v) is 14.5. The van der Waals surface area contributed by atoms with Crippen molar-refractivity contribution in [3.63, 3.8) is 0 Å². The molecule has 0 fully saturated rings. The number of hydrogen-bond donors (Lipinski definition) is 1. The van der Waals surface area contributed by atoms with Crippen molar-refractivity contribution < 1.29 is 0 Å². The van der Waals surface area contributed by atoms with E-state index in [1.165, 1.54) is 71.3 Å². The SMILES string of the molecule is c1ccc(-c2cccc3[nH]c4ccc(-c5ccc6c(c5)c5ccc7ccccc7c5n6-c5ccccc5)cc4c23)cc1. The van der Waals surface area contributed by atoms with E-state index in [2.05, 4.69) is 161 Å². The van der Waals surface area contributed by atoms with Crippen LogP contribution in [-0.2, 0) is 0 Å². The van der Waals surface area contributed by atoms with Gasteiger partial charge in [-0.25, -0.2) is 0 Å². The first kappa shape index (κ1) is 23.1. The van der Waals surface area contributed by atoms with E-state index in [0.717, 1.165) is 11.0 Å². The maximum absolute atomic E-state index is 3.66. The molecule has 0 unspecified atom stereocenters. The largest absolute Gasteiger partial charge is 0.354 e. The predicted octanol–water partition coefficient (Wildman–Crippen LogP) is 10.9. The number of benzene rings is 7. The Balaban J connectivity index is 1.30. The summed E-state index contributed by atoms with van der Waals surface area (Å²) in [5, 5.41) is 7.58. The Kier molecular flexibility index (Phi) is 4.93. The zero-order valence-electron chi connectivity index (χ0n) is 22.9. The van der Waals surface area contributed by atoms with Gasteiger partial charge in [-0.1, -0.05) is 109 Å². The third kappa shape index (κ3) is 3.39. The number of hydrogen-bond acceptors (Lipinski definition) is 0. The quantitative estimate of drug-likeness (QED) is 0.233. The summed E-state index contributed by atoms with van der Waals surface area (Å²) in [5.74, 6) is 0. The lowest BCUT2D eigenvalue weighted by Gasteiger charge is -2.10. The summed E-state index contributed by atoms with van der Waals surface area (Å²) in [6, 6.07) is 54.9. The number of nitrogens with one attached hydrogen (secondary N) is 1. The van der Waals surface area contributed by atoms with Crippen molar-refractivity contribution >= 4 is 54.4 Å². The molecule has 9 aromatic rings. The fourth-order valence-corrected chi connectivity index (χ4v) is 6.80. The van der Waals surface area contributed by atoms with Crippen LogP contribution in [0.15, 0.2) is 152 Å². The lowest BCUT2D eigenvalue weighted by Crippen LogP contribution is -1.93. The summed E-state index contributed by atoms with van der Waals surface area (Å²) in [6.07, 6.45) is 0. The normalized spacial score (nSPS) is 11.8. The summed E-state index contributed by atoms with van der Waals surface area (Å²) < 4.78 is 2.42. The summed E-state index contributed by atoms with van der Waals surface area (Å²) in [5.41, 5.74) is 10.9. The van der Waals surface area contributed by atoms with Gasteiger partial charge in [0.25, 0.3) is 0 Å². The fraction of sp³-hybridized carbons (Fsp3) is 0. The van der Waals surface area contributed by atoms with Crippen LogP contribution in [0.3, 0.4) is 0 Å². The van der Waals surface area contributed by atoms with E-state index in [0.29, 0.717) is 0 Å². The lowest BCUT2D eigenvalue weighted by atomic mass is 9.97. The van der Waals surface area contributed by atoms with Crippen LogP contribution in [0.25, 0.3) is 82.3 Å². The summed E-state index contributed by atoms with van der Waals surface area (Å²) in [4.78, 5) is 3.66. The van der Waals surface area contributed by atoms with Gasteiger partial charge in [-0.05, 0) is 70.1 Å². The maximum atomic E-state index is 3.66. The molecule has 2 heteroatoms. The molecular formula is C40H26N2. The zero-order valence-corrected chi connectivity index (χ0v) is 22.9. The third-order valence-corrected chi connectivity index (χ3v) is 8.71. The number of aromatic nitrogens is 2. The standard InChI is InChI=1S/C40H26N2/c1-3-10-26(11-4-1)31-16-9-17-37-39(31)35-25-28(19-22-36(35)41-37)29-20-23-38-34(24-29)33-21-18-27-12-7-8-15-32(27)40(33)42(38)30-13-5-2-6-14-30/h1-25,41H. The highest BCUT2D eigenvalue weighted by Gasteiger charge is 2.17. The molecule has 0 aliphatic carbocycles. The smallest absolute Gasteiger partial charge is 0.0619 e. The molecule has 42 heavy (non-hydrogen) atoms.